The quantitative estimate of drug-likeness (QED) is 0.449. The molecule has 0 N–H and O–H groups in total. The maximum Gasteiger partial charge on any atom is 0.179 e. The molecular formula is C9H18N2. The molecular weight excluding hydrogens is 136 g/mol. The fraction of sp³-hybridized carbons (Fsp3) is 0.889. The third kappa shape index (κ3) is 3.87. The van der Waals surface area contributed by atoms with E-state index in [-0.39, 0.29) is 0 Å². The molecule has 1 unspecified atom stereocenters. The SMILES string of the molecule is CCCCN(C#N)C(C)CC. The molecule has 0 aromatic heterocycles. The van der Waals surface area contributed by atoms with Gasteiger partial charge in [0.15, 0.2) is 6.19 Å². The highest BCUT2D eigenvalue weighted by atomic mass is 15.1. The molecule has 0 aliphatic carbocycles. The topological polar surface area (TPSA) is 27.0 Å². The minimum absolute atomic E-state index is 0.409. The van der Waals surface area contributed by atoms with E-state index < -0.39 is 0 Å². The summed E-state index contributed by atoms with van der Waals surface area (Å²) >= 11 is 0. The molecule has 0 fully saturated rings. The first-order chi connectivity index (χ1) is 5.26. The Hall–Kier alpha value is -0.710. The summed E-state index contributed by atoms with van der Waals surface area (Å²) in [6, 6.07) is 0.409. The second-order valence-corrected chi connectivity index (χ2v) is 2.90. The molecule has 0 spiro atoms. The van der Waals surface area contributed by atoms with E-state index in [4.69, 9.17) is 5.26 Å². The molecule has 0 aliphatic heterocycles. The third-order valence-electron chi connectivity index (χ3n) is 2.00. The van der Waals surface area contributed by atoms with Gasteiger partial charge in [-0.3, -0.25) is 0 Å². The maximum absolute atomic E-state index is 8.73. The van der Waals surface area contributed by atoms with Gasteiger partial charge in [0.25, 0.3) is 0 Å². The second-order valence-electron chi connectivity index (χ2n) is 2.90. The Morgan fingerprint density at radius 1 is 1.45 bits per heavy atom. The number of rotatable bonds is 5. The van der Waals surface area contributed by atoms with Gasteiger partial charge in [0.1, 0.15) is 0 Å². The van der Waals surface area contributed by atoms with Crippen LogP contribution in [0.25, 0.3) is 0 Å². The molecule has 0 aliphatic rings. The van der Waals surface area contributed by atoms with Crippen LogP contribution in [0.4, 0.5) is 0 Å². The van der Waals surface area contributed by atoms with Crippen LogP contribution in [-0.4, -0.2) is 17.5 Å². The van der Waals surface area contributed by atoms with Crippen LogP contribution < -0.4 is 0 Å². The Balaban J connectivity index is 3.68. The average Bonchev–Trinajstić information content (AvgIpc) is 2.05. The monoisotopic (exact) mass is 154 g/mol. The summed E-state index contributed by atoms with van der Waals surface area (Å²) in [5.74, 6) is 0. The molecule has 0 aromatic carbocycles. The van der Waals surface area contributed by atoms with Gasteiger partial charge in [0, 0.05) is 12.6 Å². The standard InChI is InChI=1S/C9H18N2/c1-4-6-7-11(8-10)9(3)5-2/h9H,4-7H2,1-3H3. The van der Waals surface area contributed by atoms with E-state index in [0.717, 1.165) is 25.8 Å². The van der Waals surface area contributed by atoms with Crippen LogP contribution in [0.5, 0.6) is 0 Å². The van der Waals surface area contributed by atoms with E-state index in [0.29, 0.717) is 6.04 Å². The first-order valence-electron chi connectivity index (χ1n) is 4.42. The number of nitriles is 1. The van der Waals surface area contributed by atoms with Crippen molar-refractivity contribution in [2.45, 2.75) is 46.1 Å². The fourth-order valence-electron chi connectivity index (χ4n) is 0.918. The van der Waals surface area contributed by atoms with Crippen molar-refractivity contribution in [3.05, 3.63) is 0 Å². The predicted molar refractivity (Wildman–Crippen MR) is 47.0 cm³/mol. The summed E-state index contributed by atoms with van der Waals surface area (Å²) in [6.45, 7) is 7.27. The number of hydrogen-bond acceptors (Lipinski definition) is 2. The molecule has 0 saturated heterocycles. The molecule has 2 nitrogen and oxygen atoms in total. The first kappa shape index (κ1) is 10.3. The zero-order valence-electron chi connectivity index (χ0n) is 7.80. The smallest absolute Gasteiger partial charge is 0.179 e. The minimum Gasteiger partial charge on any atom is -0.308 e. The van der Waals surface area contributed by atoms with Crippen molar-refractivity contribution in [1.82, 2.24) is 4.90 Å². The Bertz CT molecular complexity index is 126. The molecule has 0 aromatic rings. The van der Waals surface area contributed by atoms with Crippen molar-refractivity contribution in [3.8, 4) is 6.19 Å². The minimum atomic E-state index is 0.409. The summed E-state index contributed by atoms with van der Waals surface area (Å²) in [6.07, 6.45) is 5.56. The zero-order valence-corrected chi connectivity index (χ0v) is 7.80. The molecule has 64 valence electrons. The van der Waals surface area contributed by atoms with Crippen molar-refractivity contribution < 1.29 is 0 Å². The van der Waals surface area contributed by atoms with Gasteiger partial charge in [-0.1, -0.05) is 20.3 Å². The van der Waals surface area contributed by atoms with Crippen molar-refractivity contribution in [3.63, 3.8) is 0 Å². The summed E-state index contributed by atoms with van der Waals surface area (Å²) in [5, 5.41) is 8.73. The highest BCUT2D eigenvalue weighted by Gasteiger charge is 2.07. The van der Waals surface area contributed by atoms with Gasteiger partial charge in [-0.05, 0) is 19.8 Å². The molecule has 2 heteroatoms. The van der Waals surface area contributed by atoms with E-state index in [9.17, 15) is 0 Å². The van der Waals surface area contributed by atoms with Crippen molar-refractivity contribution in [2.75, 3.05) is 6.54 Å². The average molecular weight is 154 g/mol. The fourth-order valence-corrected chi connectivity index (χ4v) is 0.918. The summed E-state index contributed by atoms with van der Waals surface area (Å²) in [4.78, 5) is 1.86. The highest BCUT2D eigenvalue weighted by Crippen LogP contribution is 2.03. The molecule has 0 rings (SSSR count). The van der Waals surface area contributed by atoms with Crippen molar-refractivity contribution in [2.24, 2.45) is 0 Å². The molecule has 0 radical (unpaired) electrons. The number of nitrogens with zero attached hydrogens (tertiary/aromatic N) is 2. The second kappa shape index (κ2) is 6.03. The molecule has 0 heterocycles. The van der Waals surface area contributed by atoms with Crippen molar-refractivity contribution >= 4 is 0 Å². The highest BCUT2D eigenvalue weighted by molar-refractivity contribution is 4.78. The molecule has 0 amide bonds. The Labute approximate surface area is 69.8 Å². The molecule has 0 saturated carbocycles. The lowest BCUT2D eigenvalue weighted by Gasteiger charge is -2.21. The maximum atomic E-state index is 8.73. The van der Waals surface area contributed by atoms with E-state index in [1.165, 1.54) is 0 Å². The van der Waals surface area contributed by atoms with Crippen molar-refractivity contribution in [1.29, 1.82) is 5.26 Å². The Morgan fingerprint density at radius 2 is 2.09 bits per heavy atom. The summed E-state index contributed by atoms with van der Waals surface area (Å²) < 4.78 is 0. The summed E-state index contributed by atoms with van der Waals surface area (Å²) in [5.41, 5.74) is 0. The van der Waals surface area contributed by atoms with Gasteiger partial charge < -0.3 is 4.90 Å². The van der Waals surface area contributed by atoms with Gasteiger partial charge in [-0.15, -0.1) is 0 Å². The van der Waals surface area contributed by atoms with E-state index >= 15 is 0 Å². The van der Waals surface area contributed by atoms with Crippen LogP contribution in [0.3, 0.4) is 0 Å². The largest absolute Gasteiger partial charge is 0.308 e. The lowest BCUT2D eigenvalue weighted by atomic mass is 10.2. The third-order valence-corrected chi connectivity index (χ3v) is 2.00. The first-order valence-corrected chi connectivity index (χ1v) is 4.42. The van der Waals surface area contributed by atoms with Gasteiger partial charge in [0.2, 0.25) is 0 Å². The van der Waals surface area contributed by atoms with Gasteiger partial charge in [0.05, 0.1) is 0 Å². The zero-order chi connectivity index (χ0) is 8.69. The van der Waals surface area contributed by atoms with Crippen LogP contribution in [0, 0.1) is 11.5 Å². The normalized spacial score (nSPS) is 12.2. The predicted octanol–water partition coefficient (Wildman–Crippen LogP) is 2.37. The van der Waals surface area contributed by atoms with Crippen LogP contribution in [0.1, 0.15) is 40.0 Å². The van der Waals surface area contributed by atoms with Crippen LogP contribution >= 0.6 is 0 Å². The Kier molecular flexibility index (Phi) is 5.64. The van der Waals surface area contributed by atoms with E-state index in [1.807, 2.05) is 4.90 Å². The number of unbranched alkanes of at least 4 members (excludes halogenated alkanes) is 1. The lowest BCUT2D eigenvalue weighted by molar-refractivity contribution is 0.295. The summed E-state index contributed by atoms with van der Waals surface area (Å²) in [7, 11) is 0. The van der Waals surface area contributed by atoms with E-state index in [1.54, 1.807) is 0 Å². The molecule has 0 bridgehead atoms. The Morgan fingerprint density at radius 3 is 2.45 bits per heavy atom. The number of hydrogen-bond donors (Lipinski definition) is 0. The van der Waals surface area contributed by atoms with Crippen LogP contribution in [0.15, 0.2) is 0 Å². The van der Waals surface area contributed by atoms with Gasteiger partial charge in [-0.25, -0.2) is 0 Å². The van der Waals surface area contributed by atoms with Gasteiger partial charge >= 0.3 is 0 Å². The van der Waals surface area contributed by atoms with Gasteiger partial charge in [-0.2, -0.15) is 5.26 Å². The van der Waals surface area contributed by atoms with Crippen LogP contribution in [-0.2, 0) is 0 Å². The van der Waals surface area contributed by atoms with E-state index in [2.05, 4.69) is 27.0 Å². The van der Waals surface area contributed by atoms with Crippen LogP contribution in [0.2, 0.25) is 0 Å². The molecule has 1 atom stereocenters. The molecule has 11 heavy (non-hydrogen) atoms. The lowest BCUT2D eigenvalue weighted by Crippen LogP contribution is -2.28.